The summed E-state index contributed by atoms with van der Waals surface area (Å²) in [4.78, 5) is 0. The van der Waals surface area contributed by atoms with Crippen LogP contribution in [0.4, 0.5) is 0 Å². The summed E-state index contributed by atoms with van der Waals surface area (Å²) in [6.07, 6.45) is 0.895. The first-order chi connectivity index (χ1) is 8.95. The molecule has 2 aromatic carbocycles. The van der Waals surface area contributed by atoms with E-state index in [2.05, 4.69) is 64.1 Å². The summed E-state index contributed by atoms with van der Waals surface area (Å²) in [5.41, 5.74) is 14.2. The first-order valence-corrected chi connectivity index (χ1v) is 6.85. The molecule has 2 rings (SSSR count). The van der Waals surface area contributed by atoms with Crippen LogP contribution in [0.15, 0.2) is 36.4 Å². The monoisotopic (exact) mass is 253 g/mol. The molecule has 0 amide bonds. The predicted octanol–water partition coefficient (Wildman–Crippen LogP) is 4.16. The molecule has 0 bridgehead atoms. The quantitative estimate of drug-likeness (QED) is 0.873. The van der Waals surface area contributed by atoms with Crippen molar-refractivity contribution in [3.63, 3.8) is 0 Å². The first kappa shape index (κ1) is 13.8. The lowest BCUT2D eigenvalue weighted by atomic mass is 9.94. The average Bonchev–Trinajstić information content (AvgIpc) is 2.26. The van der Waals surface area contributed by atoms with Gasteiger partial charge in [-0.05, 0) is 50.8 Å². The lowest BCUT2D eigenvalue weighted by Crippen LogP contribution is -2.15. The van der Waals surface area contributed by atoms with Gasteiger partial charge in [-0.15, -0.1) is 0 Å². The van der Waals surface area contributed by atoms with E-state index in [4.69, 9.17) is 5.73 Å². The minimum Gasteiger partial charge on any atom is -0.324 e. The van der Waals surface area contributed by atoms with Crippen molar-refractivity contribution in [1.82, 2.24) is 0 Å². The minimum absolute atomic E-state index is 0.0711. The largest absolute Gasteiger partial charge is 0.324 e. The van der Waals surface area contributed by atoms with Crippen molar-refractivity contribution in [2.24, 2.45) is 5.73 Å². The molecule has 100 valence electrons. The van der Waals surface area contributed by atoms with Gasteiger partial charge in [-0.3, -0.25) is 0 Å². The van der Waals surface area contributed by atoms with Crippen LogP contribution in [0.1, 0.15) is 39.4 Å². The maximum absolute atomic E-state index is 6.38. The van der Waals surface area contributed by atoms with Gasteiger partial charge in [0.15, 0.2) is 0 Å². The fourth-order valence-electron chi connectivity index (χ4n) is 2.79. The number of nitrogens with two attached hydrogens (primary N) is 1. The fourth-order valence-corrected chi connectivity index (χ4v) is 2.79. The molecule has 19 heavy (non-hydrogen) atoms. The van der Waals surface area contributed by atoms with Gasteiger partial charge in [-0.2, -0.15) is 0 Å². The highest BCUT2D eigenvalue weighted by Crippen LogP contribution is 2.21. The number of hydrogen-bond acceptors (Lipinski definition) is 1. The summed E-state index contributed by atoms with van der Waals surface area (Å²) in [5, 5.41) is 0. The van der Waals surface area contributed by atoms with Crippen LogP contribution in [0.2, 0.25) is 0 Å². The number of benzene rings is 2. The van der Waals surface area contributed by atoms with Gasteiger partial charge in [0.05, 0.1) is 0 Å². The zero-order valence-electron chi connectivity index (χ0n) is 12.3. The number of aryl methyl sites for hydroxylation is 4. The van der Waals surface area contributed by atoms with Crippen LogP contribution >= 0.6 is 0 Å². The minimum atomic E-state index is 0.0711. The lowest BCUT2D eigenvalue weighted by molar-refractivity contribution is 0.715. The van der Waals surface area contributed by atoms with Gasteiger partial charge >= 0.3 is 0 Å². The summed E-state index contributed by atoms with van der Waals surface area (Å²) in [5.74, 6) is 0. The van der Waals surface area contributed by atoms with Crippen LogP contribution in [-0.4, -0.2) is 0 Å². The molecular weight excluding hydrogens is 230 g/mol. The summed E-state index contributed by atoms with van der Waals surface area (Å²) in [6, 6.07) is 13.2. The van der Waals surface area contributed by atoms with Crippen molar-refractivity contribution >= 4 is 0 Å². The van der Waals surface area contributed by atoms with Gasteiger partial charge in [0.25, 0.3) is 0 Å². The van der Waals surface area contributed by atoms with Gasteiger partial charge in [-0.1, -0.05) is 53.1 Å². The van der Waals surface area contributed by atoms with E-state index < -0.39 is 0 Å². The molecule has 1 atom stereocenters. The second kappa shape index (κ2) is 5.58. The molecule has 0 aromatic heterocycles. The summed E-state index contributed by atoms with van der Waals surface area (Å²) < 4.78 is 0. The van der Waals surface area contributed by atoms with Crippen LogP contribution in [0, 0.1) is 27.7 Å². The van der Waals surface area contributed by atoms with E-state index in [1.54, 1.807) is 0 Å². The van der Waals surface area contributed by atoms with Crippen molar-refractivity contribution < 1.29 is 0 Å². The van der Waals surface area contributed by atoms with Gasteiger partial charge in [0.2, 0.25) is 0 Å². The number of rotatable bonds is 3. The molecule has 0 aliphatic rings. The Labute approximate surface area is 116 Å². The summed E-state index contributed by atoms with van der Waals surface area (Å²) in [7, 11) is 0. The normalized spacial score (nSPS) is 12.5. The maximum Gasteiger partial charge on any atom is 0.0338 e. The number of hydrogen-bond donors (Lipinski definition) is 1. The molecule has 1 nitrogen and oxygen atoms in total. The Hall–Kier alpha value is -1.60. The first-order valence-electron chi connectivity index (χ1n) is 6.85. The van der Waals surface area contributed by atoms with Gasteiger partial charge in [0, 0.05) is 6.04 Å². The molecule has 0 heterocycles. The summed E-state index contributed by atoms with van der Waals surface area (Å²) >= 11 is 0. The second-order valence-corrected chi connectivity index (χ2v) is 5.67. The van der Waals surface area contributed by atoms with Crippen LogP contribution in [-0.2, 0) is 6.42 Å². The zero-order valence-corrected chi connectivity index (χ0v) is 12.3. The fraction of sp³-hybridized carbons (Fsp3) is 0.333. The topological polar surface area (TPSA) is 26.0 Å². The Kier molecular flexibility index (Phi) is 4.06. The van der Waals surface area contributed by atoms with Crippen LogP contribution in [0.5, 0.6) is 0 Å². The molecule has 0 aliphatic heterocycles. The Morgan fingerprint density at radius 1 is 0.842 bits per heavy atom. The molecular formula is C18H23N. The molecule has 2 N–H and O–H groups in total. The van der Waals surface area contributed by atoms with Crippen LogP contribution in [0.25, 0.3) is 0 Å². The van der Waals surface area contributed by atoms with Gasteiger partial charge in [-0.25, -0.2) is 0 Å². The van der Waals surface area contributed by atoms with Crippen molar-refractivity contribution in [3.8, 4) is 0 Å². The predicted molar refractivity (Wildman–Crippen MR) is 82.5 cm³/mol. The smallest absolute Gasteiger partial charge is 0.0338 e. The third kappa shape index (κ3) is 3.45. The molecule has 0 saturated carbocycles. The highest BCUT2D eigenvalue weighted by molar-refractivity contribution is 5.35. The molecule has 0 saturated heterocycles. The van der Waals surface area contributed by atoms with Gasteiger partial charge in [0.1, 0.15) is 0 Å². The SMILES string of the molecule is Cc1cc(C)cc(CC(N)c2ccc(C)cc2C)c1. The Morgan fingerprint density at radius 3 is 2.05 bits per heavy atom. The van der Waals surface area contributed by atoms with Gasteiger partial charge < -0.3 is 5.73 Å². The van der Waals surface area contributed by atoms with E-state index in [9.17, 15) is 0 Å². The highest BCUT2D eigenvalue weighted by Gasteiger charge is 2.10. The van der Waals surface area contributed by atoms with E-state index in [-0.39, 0.29) is 6.04 Å². The van der Waals surface area contributed by atoms with Crippen molar-refractivity contribution in [3.05, 3.63) is 69.8 Å². The molecule has 2 aromatic rings. The van der Waals surface area contributed by atoms with E-state index in [0.717, 1.165) is 6.42 Å². The zero-order chi connectivity index (χ0) is 14.0. The molecule has 0 fully saturated rings. The van der Waals surface area contributed by atoms with Crippen molar-refractivity contribution in [2.45, 2.75) is 40.2 Å². The van der Waals surface area contributed by atoms with E-state index >= 15 is 0 Å². The molecule has 0 spiro atoms. The average molecular weight is 253 g/mol. The lowest BCUT2D eigenvalue weighted by Gasteiger charge is -2.16. The maximum atomic E-state index is 6.38. The second-order valence-electron chi connectivity index (χ2n) is 5.67. The summed E-state index contributed by atoms with van der Waals surface area (Å²) in [6.45, 7) is 8.54. The van der Waals surface area contributed by atoms with E-state index in [0.29, 0.717) is 0 Å². The molecule has 0 aliphatic carbocycles. The molecule has 0 radical (unpaired) electrons. The third-order valence-electron chi connectivity index (χ3n) is 3.56. The third-order valence-corrected chi connectivity index (χ3v) is 3.56. The Bertz CT molecular complexity index is 564. The van der Waals surface area contributed by atoms with Crippen molar-refractivity contribution in [2.75, 3.05) is 0 Å². The standard InChI is InChI=1S/C18H23N/c1-12-5-6-17(15(4)8-12)18(19)11-16-9-13(2)7-14(3)10-16/h5-10,18H,11,19H2,1-4H3. The molecule has 1 heteroatoms. The molecule has 1 unspecified atom stereocenters. The highest BCUT2D eigenvalue weighted by atomic mass is 14.6. The Morgan fingerprint density at radius 2 is 1.47 bits per heavy atom. The van der Waals surface area contributed by atoms with Crippen LogP contribution in [0.3, 0.4) is 0 Å². The van der Waals surface area contributed by atoms with E-state index in [1.807, 2.05) is 0 Å². The van der Waals surface area contributed by atoms with E-state index in [1.165, 1.54) is 33.4 Å². The van der Waals surface area contributed by atoms with Crippen LogP contribution < -0.4 is 5.73 Å². The van der Waals surface area contributed by atoms with Crippen molar-refractivity contribution in [1.29, 1.82) is 0 Å². The Balaban J connectivity index is 2.22.